The molecule has 4 heterocycles. The Morgan fingerprint density at radius 2 is 1.18 bits per heavy atom. The van der Waals surface area contributed by atoms with E-state index in [2.05, 4.69) is 73.2 Å². The van der Waals surface area contributed by atoms with Gasteiger partial charge in [-0.15, -0.1) is 0 Å². The van der Waals surface area contributed by atoms with Crippen molar-refractivity contribution in [2.45, 2.75) is 0 Å². The molecule has 0 atom stereocenters. The number of hydrogen-bond acceptors (Lipinski definition) is 7. The second-order valence-corrected chi connectivity index (χ2v) is 8.74. The minimum absolute atomic E-state index is 0.660. The summed E-state index contributed by atoms with van der Waals surface area (Å²) in [5.41, 5.74) is 6.36. The summed E-state index contributed by atoms with van der Waals surface area (Å²) in [6.07, 6.45) is 3.53. The summed E-state index contributed by atoms with van der Waals surface area (Å²) >= 11 is 0. The van der Waals surface area contributed by atoms with Crippen LogP contribution in [-0.4, -0.2) is 43.1 Å². The molecular weight excluding hydrogens is 424 g/mol. The van der Waals surface area contributed by atoms with Gasteiger partial charge in [-0.05, 0) is 48.5 Å². The number of benzene rings is 2. The van der Waals surface area contributed by atoms with Gasteiger partial charge in [-0.2, -0.15) is 0 Å². The van der Waals surface area contributed by atoms with Crippen LogP contribution in [0.3, 0.4) is 0 Å². The molecule has 0 amide bonds. The topological polar surface area (TPSA) is 57.6 Å². The maximum atomic E-state index is 6.49. The normalized spacial score (nSPS) is 12.3. The monoisotopic (exact) mass is 448 g/mol. The van der Waals surface area contributed by atoms with Crippen LogP contribution in [0.2, 0.25) is 0 Å². The van der Waals surface area contributed by atoms with Crippen molar-refractivity contribution in [2.24, 2.45) is 0 Å². The molecule has 7 nitrogen and oxygen atoms in total. The molecule has 2 aromatic carbocycles. The van der Waals surface area contributed by atoms with Gasteiger partial charge in [0.15, 0.2) is 22.8 Å². The molecule has 168 valence electrons. The molecule has 0 radical (unpaired) electrons. The van der Waals surface area contributed by atoms with Crippen LogP contribution in [0.15, 0.2) is 73.1 Å². The first-order chi connectivity index (χ1) is 16.5. The number of pyridine rings is 3. The Morgan fingerprint density at radius 1 is 0.676 bits per heavy atom. The molecule has 0 unspecified atom stereocenters. The lowest BCUT2D eigenvalue weighted by molar-refractivity contribution is 0.477. The zero-order valence-electron chi connectivity index (χ0n) is 19.5. The standard InChI is InChI=1S/C27H24N6O/c1-31(2)17-9-11-21-23(15-17)34-24-16-18(32(3)4)10-12-22(24)33(21)25-19-7-5-13-28-26(19)30-27-20(25)8-6-14-29-27/h5-16H,1-4H3. The Kier molecular flexibility index (Phi) is 4.52. The van der Waals surface area contributed by atoms with Crippen LogP contribution < -0.4 is 19.4 Å². The lowest BCUT2D eigenvalue weighted by Gasteiger charge is -2.35. The van der Waals surface area contributed by atoms with Crippen molar-refractivity contribution < 1.29 is 4.74 Å². The van der Waals surface area contributed by atoms with Crippen molar-refractivity contribution >= 4 is 50.5 Å². The second kappa shape index (κ2) is 7.59. The number of nitrogens with zero attached hydrogens (tertiary/aromatic N) is 6. The summed E-state index contributed by atoms with van der Waals surface area (Å²) < 4.78 is 6.49. The first kappa shape index (κ1) is 20.2. The van der Waals surface area contributed by atoms with Crippen LogP contribution in [0.4, 0.5) is 28.4 Å². The van der Waals surface area contributed by atoms with Gasteiger partial charge in [0.2, 0.25) is 0 Å². The molecule has 0 aliphatic carbocycles. The molecule has 5 aromatic rings. The van der Waals surface area contributed by atoms with Gasteiger partial charge in [0, 0.05) is 74.9 Å². The fourth-order valence-electron chi connectivity index (χ4n) is 4.41. The molecule has 0 saturated carbocycles. The van der Waals surface area contributed by atoms with E-state index in [4.69, 9.17) is 9.72 Å². The Bertz CT molecular complexity index is 1450. The quantitative estimate of drug-likeness (QED) is 0.313. The van der Waals surface area contributed by atoms with Crippen molar-refractivity contribution in [3.63, 3.8) is 0 Å². The van der Waals surface area contributed by atoms with E-state index in [0.717, 1.165) is 50.7 Å². The zero-order valence-corrected chi connectivity index (χ0v) is 19.5. The van der Waals surface area contributed by atoms with E-state index in [-0.39, 0.29) is 0 Å². The number of fused-ring (bicyclic) bond motifs is 4. The first-order valence-corrected chi connectivity index (χ1v) is 11.1. The highest BCUT2D eigenvalue weighted by atomic mass is 16.5. The largest absolute Gasteiger partial charge is 0.453 e. The first-order valence-electron chi connectivity index (χ1n) is 11.1. The van der Waals surface area contributed by atoms with Gasteiger partial charge in [0.25, 0.3) is 0 Å². The predicted octanol–water partition coefficient (Wildman–Crippen LogP) is 5.89. The molecule has 7 heteroatoms. The number of aromatic nitrogens is 3. The molecule has 1 aliphatic heterocycles. The zero-order chi connectivity index (χ0) is 23.4. The van der Waals surface area contributed by atoms with Crippen molar-refractivity contribution in [3.8, 4) is 11.5 Å². The van der Waals surface area contributed by atoms with E-state index in [0.29, 0.717) is 11.3 Å². The Hall–Kier alpha value is -4.39. The molecule has 0 spiro atoms. The van der Waals surface area contributed by atoms with E-state index >= 15 is 0 Å². The van der Waals surface area contributed by atoms with Gasteiger partial charge in [-0.25, -0.2) is 15.0 Å². The Balaban J connectivity index is 1.71. The van der Waals surface area contributed by atoms with Gasteiger partial charge in [0.05, 0.1) is 17.1 Å². The molecule has 0 N–H and O–H groups in total. The fourth-order valence-corrected chi connectivity index (χ4v) is 4.41. The molecule has 1 aliphatic rings. The van der Waals surface area contributed by atoms with Gasteiger partial charge in [-0.3, -0.25) is 0 Å². The van der Waals surface area contributed by atoms with Crippen molar-refractivity contribution in [1.29, 1.82) is 0 Å². The van der Waals surface area contributed by atoms with Crippen molar-refractivity contribution in [2.75, 3.05) is 42.9 Å². The van der Waals surface area contributed by atoms with E-state index in [1.54, 1.807) is 12.4 Å². The van der Waals surface area contributed by atoms with Crippen molar-refractivity contribution in [3.05, 3.63) is 73.1 Å². The van der Waals surface area contributed by atoms with Gasteiger partial charge in [0.1, 0.15) is 0 Å². The molecule has 34 heavy (non-hydrogen) atoms. The van der Waals surface area contributed by atoms with Crippen LogP contribution in [0, 0.1) is 0 Å². The van der Waals surface area contributed by atoms with Crippen LogP contribution in [0.25, 0.3) is 22.1 Å². The summed E-state index contributed by atoms with van der Waals surface area (Å²) in [5, 5.41) is 1.91. The molecule has 0 fully saturated rings. The highest BCUT2D eigenvalue weighted by Crippen LogP contribution is 2.54. The average molecular weight is 449 g/mol. The lowest BCUT2D eigenvalue weighted by Crippen LogP contribution is -2.18. The SMILES string of the molecule is CN(C)c1ccc2c(c1)Oc1cc(N(C)C)ccc1N2c1c2cccnc2nc2ncccc12. The number of ether oxygens (including phenoxy) is 1. The maximum absolute atomic E-state index is 6.49. The molecule has 0 bridgehead atoms. The Labute approximate surface area is 197 Å². The maximum Gasteiger partial charge on any atom is 0.163 e. The highest BCUT2D eigenvalue weighted by Gasteiger charge is 2.30. The second-order valence-electron chi connectivity index (χ2n) is 8.74. The third kappa shape index (κ3) is 3.08. The summed E-state index contributed by atoms with van der Waals surface area (Å²) in [6, 6.07) is 20.6. The highest BCUT2D eigenvalue weighted by molar-refractivity contribution is 6.10. The lowest BCUT2D eigenvalue weighted by atomic mass is 10.1. The van der Waals surface area contributed by atoms with E-state index in [9.17, 15) is 0 Å². The molecular formula is C27H24N6O. The third-order valence-corrected chi connectivity index (χ3v) is 6.14. The summed E-state index contributed by atoms with van der Waals surface area (Å²) in [7, 11) is 8.12. The fraction of sp³-hybridized carbons (Fsp3) is 0.148. The van der Waals surface area contributed by atoms with E-state index in [1.165, 1.54) is 0 Å². The smallest absolute Gasteiger partial charge is 0.163 e. The molecule has 6 rings (SSSR count). The number of rotatable bonds is 3. The summed E-state index contributed by atoms with van der Waals surface area (Å²) in [5.74, 6) is 1.58. The molecule has 3 aromatic heterocycles. The van der Waals surface area contributed by atoms with Crippen LogP contribution in [-0.2, 0) is 0 Å². The Morgan fingerprint density at radius 3 is 1.65 bits per heavy atom. The third-order valence-electron chi connectivity index (χ3n) is 6.14. The van der Waals surface area contributed by atoms with Crippen LogP contribution in [0.1, 0.15) is 0 Å². The molecule has 0 saturated heterocycles. The summed E-state index contributed by atoms with van der Waals surface area (Å²) in [4.78, 5) is 20.2. The van der Waals surface area contributed by atoms with E-state index in [1.807, 2.05) is 40.3 Å². The summed E-state index contributed by atoms with van der Waals surface area (Å²) in [6.45, 7) is 0. The van der Waals surface area contributed by atoms with Gasteiger partial charge < -0.3 is 19.4 Å². The van der Waals surface area contributed by atoms with Crippen LogP contribution in [0.5, 0.6) is 11.5 Å². The van der Waals surface area contributed by atoms with Gasteiger partial charge in [-0.1, -0.05) is 0 Å². The number of hydrogen-bond donors (Lipinski definition) is 0. The predicted molar refractivity (Wildman–Crippen MR) is 138 cm³/mol. The minimum atomic E-state index is 0.660. The minimum Gasteiger partial charge on any atom is -0.453 e. The van der Waals surface area contributed by atoms with Crippen molar-refractivity contribution in [1.82, 2.24) is 15.0 Å². The van der Waals surface area contributed by atoms with Crippen LogP contribution >= 0.6 is 0 Å². The average Bonchev–Trinajstić information content (AvgIpc) is 2.85. The van der Waals surface area contributed by atoms with E-state index < -0.39 is 0 Å². The number of anilines is 5. The van der Waals surface area contributed by atoms with Gasteiger partial charge >= 0.3 is 0 Å².